The average molecular weight is 715 g/mol. The van der Waals surface area contributed by atoms with Crippen LogP contribution in [-0.2, 0) is 25.4 Å². The molecule has 4 bridgehead atoms. The van der Waals surface area contributed by atoms with Crippen LogP contribution in [0.3, 0.4) is 0 Å². The molecule has 3 aliphatic rings. The number of methoxy groups -OCH3 is 2. The van der Waals surface area contributed by atoms with Gasteiger partial charge in [0.05, 0.1) is 18.9 Å². The third-order valence-corrected chi connectivity index (χ3v) is 10.2. The van der Waals surface area contributed by atoms with Crippen molar-refractivity contribution < 1.29 is 43.5 Å². The summed E-state index contributed by atoms with van der Waals surface area (Å²) < 4.78 is 29.2. The molecular formula is C36H47ClN4O9. The van der Waals surface area contributed by atoms with Crippen LogP contribution in [0.25, 0.3) is 0 Å². The topological polar surface area (TPSA) is 177 Å². The molecule has 3 heterocycles. The lowest BCUT2D eigenvalue weighted by Gasteiger charge is -2.42. The predicted molar refractivity (Wildman–Crippen MR) is 189 cm³/mol. The predicted octanol–water partition coefficient (Wildman–Crippen LogP) is 5.06. The molecule has 3 aliphatic heterocycles. The third-order valence-electron chi connectivity index (χ3n) is 9.85. The zero-order valence-electron chi connectivity index (χ0n) is 29.4. The van der Waals surface area contributed by atoms with Crippen molar-refractivity contribution in [2.45, 2.75) is 88.9 Å². The van der Waals surface area contributed by atoms with Gasteiger partial charge in [-0.2, -0.15) is 0 Å². The molecule has 272 valence electrons. The van der Waals surface area contributed by atoms with Crippen LogP contribution < -0.4 is 26.0 Å². The lowest BCUT2D eigenvalue weighted by molar-refractivity contribution is -0.142. The summed E-state index contributed by atoms with van der Waals surface area (Å²) in [5.41, 5.74) is 7.08. The minimum atomic E-state index is -1.79. The molecule has 0 aromatic heterocycles. The molecule has 5 rings (SSSR count). The molecule has 2 aromatic rings. The molecule has 1 unspecified atom stereocenters. The van der Waals surface area contributed by atoms with Crippen molar-refractivity contribution in [2.75, 3.05) is 37.2 Å². The second-order valence-electron chi connectivity index (χ2n) is 13.6. The number of halogens is 1. The minimum Gasteiger partial charge on any atom is -0.495 e. The highest BCUT2D eigenvalue weighted by Crippen LogP contribution is 2.49. The molecule has 8 atom stereocenters. The Morgan fingerprint density at radius 3 is 2.66 bits per heavy atom. The van der Waals surface area contributed by atoms with Crippen molar-refractivity contribution in [3.63, 3.8) is 0 Å². The standard InChI is InChI=1S/C36H47ClN4O9/c1-19-9-8-10-28(47-7)36(45)18-27(48-34(44)40-36)21(3)32-35(4,50-32)29(49-33(43)39-24-16-23(38)12-11-20(24)2)17-30(42)41(5)25-14-22(13-19)15-26(46-6)31(25)37/h8-12,14-16,21,27-30,32,42,45H,13,17-18,38H2,1-7H3,(H,39,43)(H,40,44)/b10-8+,19-9+/t21-,27+,28-,29+,30?,32+,35+,36+/m1/s1. The second-order valence-corrected chi connectivity index (χ2v) is 13.9. The fraction of sp³-hybridized carbons (Fsp3) is 0.500. The van der Waals surface area contributed by atoms with Gasteiger partial charge in [-0.05, 0) is 62.6 Å². The number of amides is 2. The maximum absolute atomic E-state index is 13.4. The molecular weight excluding hydrogens is 668 g/mol. The Hall–Kier alpha value is -4.01. The third kappa shape index (κ3) is 7.82. The lowest BCUT2D eigenvalue weighted by atomic mass is 9.83. The van der Waals surface area contributed by atoms with Gasteiger partial charge >= 0.3 is 12.2 Å². The van der Waals surface area contributed by atoms with Gasteiger partial charge in [0.1, 0.15) is 40.9 Å². The zero-order valence-corrected chi connectivity index (χ0v) is 30.1. The van der Waals surface area contributed by atoms with Crippen LogP contribution in [0.4, 0.5) is 26.7 Å². The summed E-state index contributed by atoms with van der Waals surface area (Å²) in [6, 6.07) is 8.82. The lowest BCUT2D eigenvalue weighted by Crippen LogP contribution is -2.63. The number of alkyl carbamates (subject to hydrolysis) is 1. The van der Waals surface area contributed by atoms with Crippen molar-refractivity contribution in [1.29, 1.82) is 0 Å². The Kier molecular flexibility index (Phi) is 10.9. The first-order chi connectivity index (χ1) is 23.6. The number of carbonyl (C=O) groups excluding carboxylic acids is 2. The Morgan fingerprint density at radius 2 is 1.96 bits per heavy atom. The Balaban J connectivity index is 1.54. The SMILES string of the molecule is COc1cc2cc(c1Cl)N(C)C(O)C[C@H](OC(=O)Nc1cc(N)ccc1C)[C@]1(C)O[C@H]1[C@H](C)[C@@H]1C[C@@](O)(NC(=O)O1)[C@H](OC)/C=C/C=C(\C)C2. The van der Waals surface area contributed by atoms with Gasteiger partial charge in [0.25, 0.3) is 0 Å². The first-order valence-corrected chi connectivity index (χ1v) is 16.8. The largest absolute Gasteiger partial charge is 0.495 e. The first-order valence-electron chi connectivity index (χ1n) is 16.4. The van der Waals surface area contributed by atoms with E-state index < -0.39 is 60.1 Å². The number of epoxide rings is 1. The molecule has 2 amide bonds. The van der Waals surface area contributed by atoms with Crippen molar-refractivity contribution >= 4 is 40.8 Å². The van der Waals surface area contributed by atoms with Gasteiger partial charge in [-0.15, -0.1) is 0 Å². The van der Waals surface area contributed by atoms with Crippen LogP contribution in [0.1, 0.15) is 44.7 Å². The summed E-state index contributed by atoms with van der Waals surface area (Å²) in [6.07, 6.45) is -0.384. The van der Waals surface area contributed by atoms with Gasteiger partial charge in [0.2, 0.25) is 0 Å². The van der Waals surface area contributed by atoms with Gasteiger partial charge in [0.15, 0.2) is 5.72 Å². The number of aryl methyl sites for hydroxylation is 1. The maximum Gasteiger partial charge on any atom is 0.412 e. The fourth-order valence-electron chi connectivity index (χ4n) is 6.78. The molecule has 0 radical (unpaired) electrons. The summed E-state index contributed by atoms with van der Waals surface area (Å²) in [6.45, 7) is 7.37. The number of nitrogens with two attached hydrogens (primary N) is 1. The Labute approximate surface area is 297 Å². The van der Waals surface area contributed by atoms with E-state index in [1.165, 1.54) is 14.2 Å². The van der Waals surface area contributed by atoms with Crippen molar-refractivity contribution in [1.82, 2.24) is 5.32 Å². The maximum atomic E-state index is 13.4. The summed E-state index contributed by atoms with van der Waals surface area (Å²) in [7, 11) is 4.65. The van der Waals surface area contributed by atoms with E-state index in [4.69, 9.17) is 41.0 Å². The smallest absolute Gasteiger partial charge is 0.412 e. The number of carbonyl (C=O) groups is 2. The minimum absolute atomic E-state index is 0.0163. The van der Waals surface area contributed by atoms with Crippen molar-refractivity contribution in [3.05, 3.63) is 70.3 Å². The highest BCUT2D eigenvalue weighted by Gasteiger charge is 2.64. The number of hydrogen-bond donors (Lipinski definition) is 5. The first kappa shape index (κ1) is 37.3. The number of nitrogen functional groups attached to an aromatic ring is 1. The van der Waals surface area contributed by atoms with Gasteiger partial charge in [-0.25, -0.2) is 9.59 Å². The highest BCUT2D eigenvalue weighted by atomic mass is 35.5. The number of anilines is 3. The number of benzene rings is 2. The van der Waals surface area contributed by atoms with E-state index in [2.05, 4.69) is 10.6 Å². The summed E-state index contributed by atoms with van der Waals surface area (Å²) >= 11 is 6.78. The van der Waals surface area contributed by atoms with Crippen LogP contribution >= 0.6 is 11.6 Å². The van der Waals surface area contributed by atoms with Crippen molar-refractivity contribution in [2.24, 2.45) is 5.92 Å². The van der Waals surface area contributed by atoms with Crippen LogP contribution in [-0.4, -0.2) is 85.6 Å². The molecule has 2 fully saturated rings. The number of aliphatic hydroxyl groups excluding tert-OH is 1. The molecule has 2 saturated heterocycles. The van der Waals surface area contributed by atoms with Gasteiger partial charge in [0, 0.05) is 44.3 Å². The molecule has 13 nitrogen and oxygen atoms in total. The number of fused-ring (bicyclic) bond motifs is 5. The van der Waals surface area contributed by atoms with E-state index in [0.29, 0.717) is 34.3 Å². The van der Waals surface area contributed by atoms with Gasteiger partial charge in [-0.1, -0.05) is 48.4 Å². The summed E-state index contributed by atoms with van der Waals surface area (Å²) in [5, 5.41) is 29.0. The average Bonchev–Trinajstić information content (AvgIpc) is 3.75. The zero-order chi connectivity index (χ0) is 36.5. The monoisotopic (exact) mass is 714 g/mol. The Morgan fingerprint density at radius 1 is 1.22 bits per heavy atom. The van der Waals surface area contributed by atoms with E-state index in [9.17, 15) is 19.8 Å². The fourth-order valence-corrected chi connectivity index (χ4v) is 7.10. The molecule has 6 N–H and O–H groups in total. The molecule has 0 aliphatic carbocycles. The summed E-state index contributed by atoms with van der Waals surface area (Å²) in [4.78, 5) is 27.8. The van der Waals surface area contributed by atoms with Gasteiger partial charge in [-0.3, -0.25) is 10.6 Å². The number of hydrogen-bond acceptors (Lipinski definition) is 11. The quantitative estimate of drug-likeness (QED) is 0.211. The number of ether oxygens (including phenoxy) is 5. The number of allylic oxidation sites excluding steroid dienone is 3. The molecule has 2 aromatic carbocycles. The number of nitrogens with one attached hydrogen (secondary N) is 2. The second kappa shape index (κ2) is 14.7. The molecule has 50 heavy (non-hydrogen) atoms. The van der Waals surface area contributed by atoms with E-state index >= 15 is 0 Å². The highest BCUT2D eigenvalue weighted by molar-refractivity contribution is 6.34. The number of nitrogens with zero attached hydrogens (tertiary/aromatic N) is 1. The van der Waals surface area contributed by atoms with Crippen LogP contribution in [0.5, 0.6) is 5.75 Å². The van der Waals surface area contributed by atoms with Crippen LogP contribution in [0.2, 0.25) is 5.02 Å². The molecule has 14 heteroatoms. The number of aliphatic hydroxyl groups is 2. The van der Waals surface area contributed by atoms with Crippen molar-refractivity contribution in [3.8, 4) is 5.75 Å². The van der Waals surface area contributed by atoms with E-state index in [1.807, 2.05) is 39.0 Å². The van der Waals surface area contributed by atoms with E-state index in [1.54, 1.807) is 49.2 Å². The molecule has 0 spiro atoms. The Bertz CT molecular complexity index is 1670. The van der Waals surface area contributed by atoms with E-state index in [0.717, 1.165) is 16.7 Å². The van der Waals surface area contributed by atoms with E-state index in [-0.39, 0.29) is 12.8 Å². The van der Waals surface area contributed by atoms with Crippen LogP contribution in [0, 0.1) is 12.8 Å². The summed E-state index contributed by atoms with van der Waals surface area (Å²) in [5.74, 6) is -0.0490. The number of rotatable bonds is 4. The molecule has 0 saturated carbocycles. The van der Waals surface area contributed by atoms with Crippen LogP contribution in [0.15, 0.2) is 54.1 Å². The normalized spacial score (nSPS) is 33.1. The van der Waals surface area contributed by atoms with Gasteiger partial charge < -0.3 is 44.5 Å².